The van der Waals surface area contributed by atoms with E-state index in [-0.39, 0.29) is 0 Å². The molecule has 1 aliphatic carbocycles. The van der Waals surface area contributed by atoms with Gasteiger partial charge in [-0.1, -0.05) is 24.9 Å². The van der Waals surface area contributed by atoms with Crippen LogP contribution in [0.2, 0.25) is 5.02 Å². The summed E-state index contributed by atoms with van der Waals surface area (Å²) >= 11 is 6.30. The van der Waals surface area contributed by atoms with Gasteiger partial charge in [0.15, 0.2) is 0 Å². The molecule has 4 heteroatoms. The molecule has 1 fully saturated rings. The van der Waals surface area contributed by atoms with E-state index in [1.165, 1.54) is 25.0 Å². The van der Waals surface area contributed by atoms with Gasteiger partial charge in [-0.15, -0.1) is 0 Å². The minimum absolute atomic E-state index is 0.587. The Balaban J connectivity index is 2.16. The monoisotopic (exact) mass is 255 g/mol. The van der Waals surface area contributed by atoms with Crippen LogP contribution in [-0.4, -0.2) is 22.9 Å². The van der Waals surface area contributed by atoms with Gasteiger partial charge in [0.25, 0.3) is 0 Å². The standard InChI is InChI=1S/C13H22ClN3/c1-3-15-8-10-6-5-7-11(10)13-12(14)9-16-17(13)4-2/h9-11,15H,3-8H2,1-2H3. The largest absolute Gasteiger partial charge is 0.317 e. The van der Waals surface area contributed by atoms with Crippen molar-refractivity contribution in [2.24, 2.45) is 5.92 Å². The van der Waals surface area contributed by atoms with E-state index in [1.807, 2.05) is 0 Å². The van der Waals surface area contributed by atoms with E-state index in [1.54, 1.807) is 6.20 Å². The van der Waals surface area contributed by atoms with E-state index >= 15 is 0 Å². The molecule has 2 rings (SSSR count). The van der Waals surface area contributed by atoms with Gasteiger partial charge in [0.1, 0.15) is 0 Å². The summed E-state index contributed by atoms with van der Waals surface area (Å²) in [6, 6.07) is 0. The van der Waals surface area contributed by atoms with Gasteiger partial charge in [-0.3, -0.25) is 4.68 Å². The van der Waals surface area contributed by atoms with Gasteiger partial charge in [0.05, 0.1) is 16.9 Å². The van der Waals surface area contributed by atoms with Crippen molar-refractivity contribution in [3.63, 3.8) is 0 Å². The molecule has 0 aromatic carbocycles. The molecular formula is C13H22ClN3. The summed E-state index contributed by atoms with van der Waals surface area (Å²) in [6.45, 7) is 7.34. The summed E-state index contributed by atoms with van der Waals surface area (Å²) in [4.78, 5) is 0. The highest BCUT2D eigenvalue weighted by molar-refractivity contribution is 6.31. The van der Waals surface area contributed by atoms with Crippen molar-refractivity contribution in [3.05, 3.63) is 16.9 Å². The highest BCUT2D eigenvalue weighted by Crippen LogP contribution is 2.41. The fraction of sp³-hybridized carbons (Fsp3) is 0.769. The number of nitrogens with zero attached hydrogens (tertiary/aromatic N) is 2. The lowest BCUT2D eigenvalue weighted by Crippen LogP contribution is -2.25. The number of hydrogen-bond acceptors (Lipinski definition) is 2. The number of hydrogen-bond donors (Lipinski definition) is 1. The Kier molecular flexibility index (Phi) is 4.46. The van der Waals surface area contributed by atoms with Gasteiger partial charge in [-0.2, -0.15) is 5.10 Å². The Labute approximate surface area is 109 Å². The molecule has 0 bridgehead atoms. The molecular weight excluding hydrogens is 234 g/mol. The van der Waals surface area contributed by atoms with Gasteiger partial charge >= 0.3 is 0 Å². The summed E-state index contributed by atoms with van der Waals surface area (Å²) in [7, 11) is 0. The van der Waals surface area contributed by atoms with Crippen LogP contribution in [0.15, 0.2) is 6.20 Å². The second kappa shape index (κ2) is 5.87. The SMILES string of the molecule is CCNCC1CCCC1c1c(Cl)cnn1CC. The Morgan fingerprint density at radius 2 is 2.29 bits per heavy atom. The van der Waals surface area contributed by atoms with Crippen LogP contribution in [0.3, 0.4) is 0 Å². The molecule has 2 atom stereocenters. The average molecular weight is 256 g/mol. The van der Waals surface area contributed by atoms with Gasteiger partial charge in [0, 0.05) is 12.5 Å². The predicted molar refractivity (Wildman–Crippen MR) is 71.5 cm³/mol. The Morgan fingerprint density at radius 3 is 3.00 bits per heavy atom. The molecule has 1 saturated carbocycles. The minimum Gasteiger partial charge on any atom is -0.317 e. The number of aromatic nitrogens is 2. The van der Waals surface area contributed by atoms with Crippen molar-refractivity contribution in [3.8, 4) is 0 Å². The lowest BCUT2D eigenvalue weighted by molar-refractivity contribution is 0.426. The van der Waals surface area contributed by atoms with Crippen LogP contribution in [0.25, 0.3) is 0 Å². The zero-order valence-electron chi connectivity index (χ0n) is 10.7. The molecule has 1 aromatic heterocycles. The van der Waals surface area contributed by atoms with Crippen LogP contribution < -0.4 is 5.32 Å². The van der Waals surface area contributed by atoms with E-state index in [0.29, 0.717) is 5.92 Å². The summed E-state index contributed by atoms with van der Waals surface area (Å²) < 4.78 is 2.07. The van der Waals surface area contributed by atoms with Gasteiger partial charge in [-0.05, 0) is 38.8 Å². The van der Waals surface area contributed by atoms with Crippen molar-refractivity contribution in [2.75, 3.05) is 13.1 Å². The molecule has 0 amide bonds. The minimum atomic E-state index is 0.587. The maximum Gasteiger partial charge on any atom is 0.0820 e. The van der Waals surface area contributed by atoms with Crippen LogP contribution in [-0.2, 0) is 6.54 Å². The lowest BCUT2D eigenvalue weighted by Gasteiger charge is -2.21. The zero-order chi connectivity index (χ0) is 12.3. The van der Waals surface area contributed by atoms with E-state index in [9.17, 15) is 0 Å². The van der Waals surface area contributed by atoms with E-state index in [4.69, 9.17) is 11.6 Å². The lowest BCUT2D eigenvalue weighted by atomic mass is 9.92. The third-order valence-electron chi connectivity index (χ3n) is 3.80. The first-order valence-corrected chi connectivity index (χ1v) is 7.07. The second-order valence-electron chi connectivity index (χ2n) is 4.80. The number of nitrogens with one attached hydrogen (secondary N) is 1. The first-order valence-electron chi connectivity index (χ1n) is 6.69. The van der Waals surface area contributed by atoms with Crippen LogP contribution in [0, 0.1) is 5.92 Å². The van der Waals surface area contributed by atoms with Crippen molar-refractivity contribution in [1.29, 1.82) is 0 Å². The summed E-state index contributed by atoms with van der Waals surface area (Å²) in [5.41, 5.74) is 1.26. The molecule has 1 aliphatic rings. The third kappa shape index (κ3) is 2.66. The highest BCUT2D eigenvalue weighted by atomic mass is 35.5. The molecule has 0 saturated heterocycles. The fourth-order valence-electron chi connectivity index (χ4n) is 2.96. The maximum absolute atomic E-state index is 6.30. The molecule has 2 unspecified atom stereocenters. The van der Waals surface area contributed by atoms with Crippen molar-refractivity contribution < 1.29 is 0 Å². The predicted octanol–water partition coefficient (Wildman–Crippen LogP) is 3.05. The Morgan fingerprint density at radius 1 is 1.47 bits per heavy atom. The first kappa shape index (κ1) is 12.9. The normalized spacial score (nSPS) is 24.4. The van der Waals surface area contributed by atoms with Crippen LogP contribution in [0.1, 0.15) is 44.7 Å². The van der Waals surface area contributed by atoms with Crippen LogP contribution in [0.5, 0.6) is 0 Å². The fourth-order valence-corrected chi connectivity index (χ4v) is 3.24. The number of aryl methyl sites for hydroxylation is 1. The van der Waals surface area contributed by atoms with Crippen LogP contribution >= 0.6 is 11.6 Å². The van der Waals surface area contributed by atoms with Crippen molar-refractivity contribution >= 4 is 11.6 Å². The second-order valence-corrected chi connectivity index (χ2v) is 5.21. The van der Waals surface area contributed by atoms with E-state index in [2.05, 4.69) is 28.9 Å². The average Bonchev–Trinajstić information content (AvgIpc) is 2.92. The van der Waals surface area contributed by atoms with Gasteiger partial charge < -0.3 is 5.32 Å². The van der Waals surface area contributed by atoms with E-state index < -0.39 is 0 Å². The zero-order valence-corrected chi connectivity index (χ0v) is 11.5. The quantitative estimate of drug-likeness (QED) is 0.877. The van der Waals surface area contributed by atoms with Gasteiger partial charge in [-0.25, -0.2) is 0 Å². The molecule has 0 radical (unpaired) electrons. The smallest absolute Gasteiger partial charge is 0.0820 e. The molecule has 1 aromatic rings. The molecule has 3 nitrogen and oxygen atoms in total. The molecule has 17 heavy (non-hydrogen) atoms. The summed E-state index contributed by atoms with van der Waals surface area (Å²) in [5.74, 6) is 1.30. The number of rotatable bonds is 5. The molecule has 1 N–H and O–H groups in total. The molecule has 0 aliphatic heterocycles. The van der Waals surface area contributed by atoms with Crippen molar-refractivity contribution in [2.45, 2.75) is 45.6 Å². The van der Waals surface area contributed by atoms with E-state index in [0.717, 1.165) is 30.6 Å². The number of halogens is 1. The third-order valence-corrected chi connectivity index (χ3v) is 4.09. The first-order chi connectivity index (χ1) is 8.27. The Bertz CT molecular complexity index is 362. The summed E-state index contributed by atoms with van der Waals surface area (Å²) in [6.07, 6.45) is 5.67. The summed E-state index contributed by atoms with van der Waals surface area (Å²) in [5, 5.41) is 8.67. The molecule has 1 heterocycles. The topological polar surface area (TPSA) is 29.9 Å². The van der Waals surface area contributed by atoms with Crippen molar-refractivity contribution in [1.82, 2.24) is 15.1 Å². The highest BCUT2D eigenvalue weighted by Gasteiger charge is 2.32. The van der Waals surface area contributed by atoms with Crippen LogP contribution in [0.4, 0.5) is 0 Å². The van der Waals surface area contributed by atoms with Gasteiger partial charge in [0.2, 0.25) is 0 Å². The Hall–Kier alpha value is -0.540. The maximum atomic E-state index is 6.30. The molecule has 0 spiro atoms. The molecule has 96 valence electrons.